The molecule has 28 heavy (non-hydrogen) atoms. The van der Waals surface area contributed by atoms with Crippen molar-refractivity contribution in [2.45, 2.75) is 5.92 Å². The molecule has 0 aromatic heterocycles. The Labute approximate surface area is 154 Å². The minimum Gasteiger partial charge on any atom is -0.481 e. The number of nitro groups is 1. The highest BCUT2D eigenvalue weighted by Crippen LogP contribution is 2.36. The summed E-state index contributed by atoms with van der Waals surface area (Å²) in [5.41, 5.74) is -1.28. The van der Waals surface area contributed by atoms with Gasteiger partial charge >= 0.3 is 23.9 Å². The van der Waals surface area contributed by atoms with Gasteiger partial charge < -0.3 is 20.4 Å². The van der Waals surface area contributed by atoms with E-state index in [2.05, 4.69) is 0 Å². The number of non-ortho nitro benzene ring substituents is 1. The zero-order valence-electron chi connectivity index (χ0n) is 13.5. The molecule has 148 valence electrons. The van der Waals surface area contributed by atoms with Crippen molar-refractivity contribution in [2.75, 3.05) is 0 Å². The minimum absolute atomic E-state index is 0.585. The van der Waals surface area contributed by atoms with Crippen molar-refractivity contribution in [1.82, 2.24) is 0 Å². The number of carbonyl (C=O) groups excluding carboxylic acids is 2. The highest BCUT2D eigenvalue weighted by molar-refractivity contribution is 6.39. The lowest BCUT2D eigenvalue weighted by molar-refractivity contribution is -0.385. The highest BCUT2D eigenvalue weighted by atomic mass is 16.6. The lowest BCUT2D eigenvalue weighted by atomic mass is 9.73. The molecule has 0 aliphatic heterocycles. The topological polar surface area (TPSA) is 226 Å². The van der Waals surface area contributed by atoms with Crippen LogP contribution < -0.4 is 0 Å². The Kier molecular flexibility index (Phi) is 6.63. The lowest BCUT2D eigenvalue weighted by Gasteiger charge is -2.26. The maximum absolute atomic E-state index is 11.9. The molecule has 0 spiro atoms. The van der Waals surface area contributed by atoms with Crippen LogP contribution in [0.25, 0.3) is 0 Å². The van der Waals surface area contributed by atoms with E-state index in [4.69, 9.17) is 10.2 Å². The first-order valence-electron chi connectivity index (χ1n) is 7.14. The van der Waals surface area contributed by atoms with Gasteiger partial charge in [0.15, 0.2) is 0 Å². The van der Waals surface area contributed by atoms with Gasteiger partial charge in [0.1, 0.15) is 11.8 Å². The van der Waals surface area contributed by atoms with Crippen LogP contribution in [0.3, 0.4) is 0 Å². The summed E-state index contributed by atoms with van der Waals surface area (Å²) in [5.74, 6) is -20.7. The van der Waals surface area contributed by atoms with Gasteiger partial charge in [-0.3, -0.25) is 29.3 Å². The second-order valence-corrected chi connectivity index (χ2v) is 5.35. The summed E-state index contributed by atoms with van der Waals surface area (Å²) in [6.45, 7) is 0. The molecule has 0 heterocycles. The molecule has 0 aliphatic rings. The van der Waals surface area contributed by atoms with E-state index in [1.807, 2.05) is 0 Å². The molecule has 2 atom stereocenters. The first-order valence-corrected chi connectivity index (χ1v) is 7.14. The molecule has 2 unspecified atom stereocenters. The third-order valence-electron chi connectivity index (χ3n) is 3.70. The fraction of sp³-hybridized carbons (Fsp3) is 0.200. The fourth-order valence-corrected chi connectivity index (χ4v) is 2.55. The lowest BCUT2D eigenvalue weighted by Crippen LogP contribution is -2.44. The highest BCUT2D eigenvalue weighted by Gasteiger charge is 2.50. The van der Waals surface area contributed by atoms with E-state index < -0.39 is 69.4 Å². The smallest absolute Gasteiger partial charge is 0.373 e. The maximum Gasteiger partial charge on any atom is 0.373 e. The number of carboxylic acid groups (broad SMARTS) is 4. The molecule has 4 N–H and O–H groups in total. The molecule has 1 aromatic carbocycles. The third-order valence-corrected chi connectivity index (χ3v) is 3.70. The molecule has 0 aliphatic carbocycles. The van der Waals surface area contributed by atoms with Gasteiger partial charge in [-0.25, -0.2) is 9.59 Å². The fourth-order valence-electron chi connectivity index (χ4n) is 2.55. The number of hydrogen-bond acceptors (Lipinski definition) is 8. The number of ketones is 2. The SMILES string of the molecule is O=C(O)C(=O)C(C(=O)O)C(c1cccc([N+](=O)[O-])c1)C(C(=O)O)C(=O)C(=O)O. The van der Waals surface area contributed by atoms with Crippen LogP contribution in [0.5, 0.6) is 0 Å². The number of hydrogen-bond donors (Lipinski definition) is 4. The van der Waals surface area contributed by atoms with E-state index in [1.54, 1.807) is 0 Å². The molecule has 0 bridgehead atoms. The van der Waals surface area contributed by atoms with Gasteiger partial charge in [-0.15, -0.1) is 0 Å². The molecule has 0 amide bonds. The third kappa shape index (κ3) is 4.51. The average molecular weight is 397 g/mol. The van der Waals surface area contributed by atoms with Crippen molar-refractivity contribution in [2.24, 2.45) is 11.8 Å². The van der Waals surface area contributed by atoms with Crippen LogP contribution in [0.2, 0.25) is 0 Å². The zero-order valence-corrected chi connectivity index (χ0v) is 13.5. The molecule has 1 rings (SSSR count). The van der Waals surface area contributed by atoms with Gasteiger partial charge in [-0.1, -0.05) is 12.1 Å². The second-order valence-electron chi connectivity index (χ2n) is 5.35. The van der Waals surface area contributed by atoms with E-state index >= 15 is 0 Å². The summed E-state index contributed by atoms with van der Waals surface area (Å²) in [5, 5.41) is 47.2. The number of nitrogens with zero attached hydrogens (tertiary/aromatic N) is 1. The van der Waals surface area contributed by atoms with Crippen LogP contribution in [-0.2, 0) is 28.8 Å². The number of benzene rings is 1. The standard InChI is InChI=1S/C15H11NO12/c17-10(14(23)24)8(12(19)20)7(9(13(21)22)11(18)15(25)26)5-2-1-3-6(4-5)16(27)28/h1-4,7-9H,(H,19,20)(H,21,22)(H,23,24)(H,25,26). The molecule has 0 saturated heterocycles. The Morgan fingerprint density at radius 2 is 1.25 bits per heavy atom. The van der Waals surface area contributed by atoms with Crippen molar-refractivity contribution in [3.63, 3.8) is 0 Å². The number of nitro benzene ring substituents is 1. The molecule has 13 nitrogen and oxygen atoms in total. The van der Waals surface area contributed by atoms with Crippen LogP contribution in [0, 0.1) is 22.0 Å². The Morgan fingerprint density at radius 3 is 1.57 bits per heavy atom. The van der Waals surface area contributed by atoms with E-state index in [0.29, 0.717) is 6.07 Å². The van der Waals surface area contributed by atoms with Gasteiger partial charge in [-0.05, 0) is 5.56 Å². The Balaban J connectivity index is 3.83. The summed E-state index contributed by atoms with van der Waals surface area (Å²) in [6, 6.07) is 3.42. The predicted octanol–water partition coefficient (Wildman–Crippen LogP) is -0.613. The second kappa shape index (κ2) is 8.48. The summed E-state index contributed by atoms with van der Waals surface area (Å²) in [4.78, 5) is 78.7. The molecule has 0 saturated carbocycles. The van der Waals surface area contributed by atoms with Gasteiger partial charge in [0.2, 0.25) is 0 Å². The van der Waals surface area contributed by atoms with Crippen LogP contribution in [0.1, 0.15) is 11.5 Å². The number of aliphatic carboxylic acids is 4. The van der Waals surface area contributed by atoms with Gasteiger partial charge in [0.25, 0.3) is 17.3 Å². The first-order chi connectivity index (χ1) is 12.9. The van der Waals surface area contributed by atoms with Crippen LogP contribution >= 0.6 is 0 Å². The number of carboxylic acids is 4. The number of carbonyl (C=O) groups is 6. The van der Waals surface area contributed by atoms with Gasteiger partial charge in [0, 0.05) is 18.1 Å². The largest absolute Gasteiger partial charge is 0.481 e. The van der Waals surface area contributed by atoms with Crippen molar-refractivity contribution in [1.29, 1.82) is 0 Å². The minimum atomic E-state index is -2.70. The Bertz CT molecular complexity index is 845. The quantitative estimate of drug-likeness (QED) is 0.168. The monoisotopic (exact) mass is 397 g/mol. The van der Waals surface area contributed by atoms with Crippen LogP contribution in [0.15, 0.2) is 24.3 Å². The van der Waals surface area contributed by atoms with E-state index in [9.17, 15) is 49.1 Å². The molecule has 0 fully saturated rings. The van der Waals surface area contributed by atoms with Gasteiger partial charge in [0.05, 0.1) is 4.92 Å². The van der Waals surface area contributed by atoms with E-state index in [0.717, 1.165) is 18.2 Å². The van der Waals surface area contributed by atoms with Crippen LogP contribution in [-0.4, -0.2) is 60.8 Å². The van der Waals surface area contributed by atoms with E-state index in [1.165, 1.54) is 0 Å². The Hall–Kier alpha value is -4.16. The normalized spacial score (nSPS) is 13.6. The van der Waals surface area contributed by atoms with Crippen molar-refractivity contribution in [3.05, 3.63) is 39.9 Å². The van der Waals surface area contributed by atoms with Crippen molar-refractivity contribution >= 4 is 41.1 Å². The number of rotatable bonds is 10. The summed E-state index contributed by atoms with van der Waals surface area (Å²) in [7, 11) is 0. The molecular weight excluding hydrogens is 386 g/mol. The van der Waals surface area contributed by atoms with Gasteiger partial charge in [-0.2, -0.15) is 0 Å². The van der Waals surface area contributed by atoms with Crippen LogP contribution in [0.4, 0.5) is 5.69 Å². The first kappa shape index (κ1) is 21.9. The summed E-state index contributed by atoms with van der Waals surface area (Å²) in [6.07, 6.45) is 0. The zero-order chi connectivity index (χ0) is 21.8. The average Bonchev–Trinajstić information content (AvgIpc) is 2.59. The summed E-state index contributed by atoms with van der Waals surface area (Å²) >= 11 is 0. The maximum atomic E-state index is 11.9. The predicted molar refractivity (Wildman–Crippen MR) is 83.4 cm³/mol. The Morgan fingerprint density at radius 1 is 0.821 bits per heavy atom. The summed E-state index contributed by atoms with van der Waals surface area (Å²) < 4.78 is 0. The van der Waals surface area contributed by atoms with E-state index in [-0.39, 0.29) is 0 Å². The molecule has 1 aromatic rings. The molecular formula is C15H11NO12. The van der Waals surface area contributed by atoms with Crippen molar-refractivity contribution in [3.8, 4) is 0 Å². The van der Waals surface area contributed by atoms with Crippen molar-refractivity contribution < 1.29 is 54.1 Å². The molecule has 0 radical (unpaired) electrons. The number of Topliss-reactive ketones (excluding diaryl/α,β-unsaturated/α-hetero) is 2. The molecule has 13 heteroatoms.